The van der Waals surface area contributed by atoms with Crippen LogP contribution in [0.2, 0.25) is 0 Å². The molecule has 0 amide bonds. The predicted octanol–water partition coefficient (Wildman–Crippen LogP) is 1.40. The fourth-order valence-corrected chi connectivity index (χ4v) is 0.892. The molecule has 0 atom stereocenters. The summed E-state index contributed by atoms with van der Waals surface area (Å²) in [5.74, 6) is 0.880. The zero-order valence-electron chi connectivity index (χ0n) is 6.78. The molecule has 3 nitrogen and oxygen atoms in total. The molecule has 0 saturated heterocycles. The monoisotopic (exact) mass is 149 g/mol. The minimum atomic E-state index is 0.880. The molecule has 0 aromatic carbocycles. The number of nitrogens with zero attached hydrogens (tertiary/aromatic N) is 3. The summed E-state index contributed by atoms with van der Waals surface area (Å²) in [6, 6.07) is 0. The Hall–Kier alpha value is -1.38. The number of hydrogen-bond donors (Lipinski definition) is 0. The van der Waals surface area contributed by atoms with Gasteiger partial charge in [-0.2, -0.15) is 0 Å². The number of allylic oxidation sites excluding steroid dienone is 3. The van der Waals surface area contributed by atoms with Gasteiger partial charge in [-0.1, -0.05) is 18.7 Å². The van der Waals surface area contributed by atoms with E-state index in [2.05, 4.69) is 16.8 Å². The molecule has 1 aromatic heterocycles. The third-order valence-electron chi connectivity index (χ3n) is 1.43. The maximum atomic E-state index is 3.93. The highest BCUT2D eigenvalue weighted by Crippen LogP contribution is 2.07. The van der Waals surface area contributed by atoms with Gasteiger partial charge in [0.2, 0.25) is 0 Å². The first kappa shape index (κ1) is 7.72. The minimum Gasteiger partial charge on any atom is -0.317 e. The molecule has 0 aliphatic carbocycles. The molecule has 0 aliphatic rings. The van der Waals surface area contributed by atoms with Crippen molar-refractivity contribution in [1.29, 1.82) is 0 Å². The van der Waals surface area contributed by atoms with E-state index in [9.17, 15) is 0 Å². The van der Waals surface area contributed by atoms with E-state index in [1.54, 1.807) is 12.4 Å². The molecule has 58 valence electrons. The van der Waals surface area contributed by atoms with E-state index >= 15 is 0 Å². The molecule has 1 aromatic rings. The summed E-state index contributed by atoms with van der Waals surface area (Å²) < 4.78 is 1.87. The standard InChI is InChI=1S/C8H11N3/c1-4-5-7(2)8-10-9-6-11(8)3/h4-6H,1H2,2-3H3/b7-5-. The van der Waals surface area contributed by atoms with Gasteiger partial charge in [0.1, 0.15) is 6.33 Å². The maximum Gasteiger partial charge on any atom is 0.159 e. The first-order valence-corrected chi connectivity index (χ1v) is 3.39. The number of aryl methyl sites for hydroxylation is 1. The van der Waals surface area contributed by atoms with E-state index in [-0.39, 0.29) is 0 Å². The minimum absolute atomic E-state index is 0.880. The molecule has 1 rings (SSSR count). The average molecular weight is 149 g/mol. The van der Waals surface area contributed by atoms with Gasteiger partial charge >= 0.3 is 0 Å². The Morgan fingerprint density at radius 2 is 2.45 bits per heavy atom. The van der Waals surface area contributed by atoms with Crippen molar-refractivity contribution in [1.82, 2.24) is 14.8 Å². The Morgan fingerprint density at radius 3 is 2.91 bits per heavy atom. The van der Waals surface area contributed by atoms with Crippen LogP contribution >= 0.6 is 0 Å². The second-order valence-corrected chi connectivity index (χ2v) is 2.35. The fraction of sp³-hybridized carbons (Fsp3) is 0.250. The topological polar surface area (TPSA) is 30.7 Å². The van der Waals surface area contributed by atoms with Crippen molar-refractivity contribution in [3.05, 3.63) is 30.9 Å². The molecule has 11 heavy (non-hydrogen) atoms. The zero-order chi connectivity index (χ0) is 8.27. The van der Waals surface area contributed by atoms with Crippen LogP contribution in [0.1, 0.15) is 12.7 Å². The van der Waals surface area contributed by atoms with Gasteiger partial charge in [0.05, 0.1) is 0 Å². The molecular formula is C8H11N3. The van der Waals surface area contributed by atoms with Crippen LogP contribution in [0.15, 0.2) is 25.1 Å². The van der Waals surface area contributed by atoms with Crippen LogP contribution in [0.3, 0.4) is 0 Å². The Morgan fingerprint density at radius 1 is 1.73 bits per heavy atom. The molecule has 1 heterocycles. The van der Waals surface area contributed by atoms with Crippen LogP contribution in [0, 0.1) is 0 Å². The predicted molar refractivity (Wildman–Crippen MR) is 44.9 cm³/mol. The van der Waals surface area contributed by atoms with Crippen molar-refractivity contribution < 1.29 is 0 Å². The van der Waals surface area contributed by atoms with Crippen LogP contribution < -0.4 is 0 Å². The third kappa shape index (κ3) is 1.55. The van der Waals surface area contributed by atoms with Gasteiger partial charge in [0, 0.05) is 7.05 Å². The van der Waals surface area contributed by atoms with Crippen molar-refractivity contribution in [2.45, 2.75) is 6.92 Å². The highest BCUT2D eigenvalue weighted by molar-refractivity contribution is 5.58. The summed E-state index contributed by atoms with van der Waals surface area (Å²) in [4.78, 5) is 0. The highest BCUT2D eigenvalue weighted by atomic mass is 15.2. The molecular weight excluding hydrogens is 138 g/mol. The summed E-state index contributed by atoms with van der Waals surface area (Å²) in [5.41, 5.74) is 1.07. The molecule has 0 radical (unpaired) electrons. The van der Waals surface area contributed by atoms with E-state index in [4.69, 9.17) is 0 Å². The summed E-state index contributed by atoms with van der Waals surface area (Å²) in [7, 11) is 1.91. The van der Waals surface area contributed by atoms with Gasteiger partial charge in [-0.15, -0.1) is 10.2 Å². The highest BCUT2D eigenvalue weighted by Gasteiger charge is 1.99. The Bertz CT molecular complexity index is 283. The summed E-state index contributed by atoms with van der Waals surface area (Å²) in [6.07, 6.45) is 5.32. The first-order chi connectivity index (χ1) is 5.25. The van der Waals surface area contributed by atoms with Crippen molar-refractivity contribution >= 4 is 5.57 Å². The Balaban J connectivity index is 3.01. The van der Waals surface area contributed by atoms with Crippen LogP contribution in [0.25, 0.3) is 5.57 Å². The fourth-order valence-electron chi connectivity index (χ4n) is 0.892. The number of rotatable bonds is 2. The normalized spacial score (nSPS) is 11.6. The van der Waals surface area contributed by atoms with Gasteiger partial charge < -0.3 is 4.57 Å². The second-order valence-electron chi connectivity index (χ2n) is 2.35. The Labute approximate surface area is 66.1 Å². The zero-order valence-corrected chi connectivity index (χ0v) is 6.78. The number of aromatic nitrogens is 3. The van der Waals surface area contributed by atoms with Gasteiger partial charge in [-0.05, 0) is 12.5 Å². The van der Waals surface area contributed by atoms with Crippen LogP contribution in [-0.2, 0) is 7.05 Å². The van der Waals surface area contributed by atoms with E-state index in [0.29, 0.717) is 0 Å². The summed E-state index contributed by atoms with van der Waals surface area (Å²) in [6.45, 7) is 5.58. The quantitative estimate of drug-likeness (QED) is 0.595. The van der Waals surface area contributed by atoms with E-state index in [1.165, 1.54) is 0 Å². The molecule has 0 spiro atoms. The maximum absolute atomic E-state index is 3.93. The van der Waals surface area contributed by atoms with Crippen molar-refractivity contribution in [3.63, 3.8) is 0 Å². The third-order valence-corrected chi connectivity index (χ3v) is 1.43. The lowest BCUT2D eigenvalue weighted by molar-refractivity contribution is 0.888. The Kier molecular flexibility index (Phi) is 2.21. The van der Waals surface area contributed by atoms with E-state index < -0.39 is 0 Å². The molecule has 0 unspecified atom stereocenters. The second kappa shape index (κ2) is 3.14. The molecule has 0 bridgehead atoms. The smallest absolute Gasteiger partial charge is 0.159 e. The lowest BCUT2D eigenvalue weighted by Crippen LogP contribution is -1.93. The van der Waals surface area contributed by atoms with Gasteiger partial charge in [-0.25, -0.2) is 0 Å². The van der Waals surface area contributed by atoms with E-state index in [0.717, 1.165) is 11.4 Å². The molecule has 0 N–H and O–H groups in total. The average Bonchev–Trinajstić information content (AvgIpc) is 2.36. The van der Waals surface area contributed by atoms with Gasteiger partial charge in [0.25, 0.3) is 0 Å². The van der Waals surface area contributed by atoms with Gasteiger partial charge in [-0.3, -0.25) is 0 Å². The largest absolute Gasteiger partial charge is 0.317 e. The number of hydrogen-bond acceptors (Lipinski definition) is 2. The summed E-state index contributed by atoms with van der Waals surface area (Å²) in [5, 5.41) is 7.69. The lowest BCUT2D eigenvalue weighted by atomic mass is 10.2. The van der Waals surface area contributed by atoms with Crippen LogP contribution in [0.4, 0.5) is 0 Å². The van der Waals surface area contributed by atoms with Crippen LogP contribution in [0.5, 0.6) is 0 Å². The summed E-state index contributed by atoms with van der Waals surface area (Å²) >= 11 is 0. The van der Waals surface area contributed by atoms with E-state index in [1.807, 2.05) is 24.6 Å². The SMILES string of the molecule is C=C/C=C(/C)c1nncn1C. The van der Waals surface area contributed by atoms with Gasteiger partial charge in [0.15, 0.2) is 5.82 Å². The molecule has 0 aliphatic heterocycles. The molecule has 3 heteroatoms. The molecule has 0 saturated carbocycles. The molecule has 0 fully saturated rings. The van der Waals surface area contributed by atoms with Crippen molar-refractivity contribution in [3.8, 4) is 0 Å². The van der Waals surface area contributed by atoms with Crippen molar-refractivity contribution in [2.24, 2.45) is 7.05 Å². The van der Waals surface area contributed by atoms with Crippen molar-refractivity contribution in [2.75, 3.05) is 0 Å². The lowest BCUT2D eigenvalue weighted by Gasteiger charge is -1.96. The van der Waals surface area contributed by atoms with Crippen LogP contribution in [-0.4, -0.2) is 14.8 Å². The first-order valence-electron chi connectivity index (χ1n) is 3.39.